The number of carbonyl (C=O) groups excluding carboxylic acids is 2. The van der Waals surface area contributed by atoms with Gasteiger partial charge in [0.05, 0.1) is 28.5 Å². The van der Waals surface area contributed by atoms with Gasteiger partial charge in [0.2, 0.25) is 0 Å². The zero-order valence-corrected chi connectivity index (χ0v) is 18.4. The van der Waals surface area contributed by atoms with Crippen LogP contribution in [0.15, 0.2) is 60.7 Å². The normalized spacial score (nSPS) is 10.3. The second-order valence-corrected chi connectivity index (χ2v) is 7.41. The first-order chi connectivity index (χ1) is 14.9. The molecule has 0 saturated carbocycles. The van der Waals surface area contributed by atoms with E-state index in [9.17, 15) is 9.59 Å². The molecule has 0 spiro atoms. The van der Waals surface area contributed by atoms with Crippen LogP contribution in [-0.2, 0) is 4.79 Å². The van der Waals surface area contributed by atoms with E-state index in [4.69, 9.17) is 32.7 Å². The first-order valence-corrected chi connectivity index (χ1v) is 10.1. The Labute approximate surface area is 190 Å². The monoisotopic (exact) mass is 458 g/mol. The van der Waals surface area contributed by atoms with E-state index in [0.29, 0.717) is 33.5 Å². The van der Waals surface area contributed by atoms with E-state index in [-0.39, 0.29) is 17.5 Å². The number of methoxy groups -OCH3 is 1. The van der Waals surface area contributed by atoms with E-state index in [1.54, 1.807) is 55.6 Å². The number of rotatable bonds is 7. The molecule has 0 bridgehead atoms. The van der Waals surface area contributed by atoms with Crippen molar-refractivity contribution < 1.29 is 19.1 Å². The van der Waals surface area contributed by atoms with Crippen LogP contribution in [0.2, 0.25) is 10.0 Å². The molecule has 160 valence electrons. The molecule has 0 aliphatic rings. The van der Waals surface area contributed by atoms with E-state index in [2.05, 4.69) is 10.6 Å². The van der Waals surface area contributed by atoms with Gasteiger partial charge in [-0.2, -0.15) is 0 Å². The van der Waals surface area contributed by atoms with Gasteiger partial charge in [-0.15, -0.1) is 0 Å². The fraction of sp³-hybridized carbons (Fsp3) is 0.130. The standard InChI is InChI=1S/C23H20Cl2N2O4/c1-14-6-11-20(30-2)19(12-14)27-23(29)15-7-9-16(10-8-15)31-13-21(28)26-18-5-3-4-17(24)22(18)25/h3-12H,13H2,1-2H3,(H,26,28)(H,27,29). The number of benzene rings is 3. The van der Waals surface area contributed by atoms with E-state index in [1.165, 1.54) is 0 Å². The summed E-state index contributed by atoms with van der Waals surface area (Å²) < 4.78 is 10.8. The van der Waals surface area contributed by atoms with Gasteiger partial charge < -0.3 is 20.1 Å². The lowest BCUT2D eigenvalue weighted by molar-refractivity contribution is -0.118. The van der Waals surface area contributed by atoms with Crippen LogP contribution >= 0.6 is 23.2 Å². The van der Waals surface area contributed by atoms with Gasteiger partial charge in [-0.25, -0.2) is 0 Å². The second-order valence-electron chi connectivity index (χ2n) is 6.62. The third-order valence-electron chi connectivity index (χ3n) is 4.32. The van der Waals surface area contributed by atoms with Crippen molar-refractivity contribution in [3.63, 3.8) is 0 Å². The van der Waals surface area contributed by atoms with Crippen molar-refractivity contribution in [3.8, 4) is 11.5 Å². The van der Waals surface area contributed by atoms with Gasteiger partial charge in [0.1, 0.15) is 11.5 Å². The van der Waals surface area contributed by atoms with Crippen molar-refractivity contribution in [2.45, 2.75) is 6.92 Å². The lowest BCUT2D eigenvalue weighted by Gasteiger charge is -2.12. The van der Waals surface area contributed by atoms with Gasteiger partial charge in [0, 0.05) is 5.56 Å². The van der Waals surface area contributed by atoms with Gasteiger partial charge in [-0.3, -0.25) is 9.59 Å². The van der Waals surface area contributed by atoms with Crippen LogP contribution in [0.3, 0.4) is 0 Å². The molecule has 0 unspecified atom stereocenters. The maximum absolute atomic E-state index is 12.5. The maximum Gasteiger partial charge on any atom is 0.262 e. The zero-order valence-electron chi connectivity index (χ0n) is 16.9. The molecule has 8 heteroatoms. The fourth-order valence-corrected chi connectivity index (χ4v) is 3.10. The minimum atomic E-state index is -0.391. The molecule has 6 nitrogen and oxygen atoms in total. The Bertz CT molecular complexity index is 1100. The summed E-state index contributed by atoms with van der Waals surface area (Å²) in [7, 11) is 1.54. The van der Waals surface area contributed by atoms with Crippen molar-refractivity contribution in [1.82, 2.24) is 0 Å². The predicted octanol–water partition coefficient (Wildman–Crippen LogP) is 5.58. The molecule has 0 atom stereocenters. The Morgan fingerprint density at radius 3 is 2.39 bits per heavy atom. The summed E-state index contributed by atoms with van der Waals surface area (Å²) in [5.74, 6) is 0.336. The number of anilines is 2. The Kier molecular flexibility index (Phi) is 7.39. The van der Waals surface area contributed by atoms with Crippen molar-refractivity contribution in [2.75, 3.05) is 24.4 Å². The lowest BCUT2D eigenvalue weighted by atomic mass is 10.1. The SMILES string of the molecule is COc1ccc(C)cc1NC(=O)c1ccc(OCC(=O)Nc2cccc(Cl)c2Cl)cc1. The number of nitrogens with one attached hydrogen (secondary N) is 2. The summed E-state index contributed by atoms with van der Waals surface area (Å²) in [5, 5.41) is 6.08. The molecule has 0 saturated heterocycles. The first kappa shape index (κ1) is 22.5. The first-order valence-electron chi connectivity index (χ1n) is 9.30. The van der Waals surface area contributed by atoms with Crippen LogP contribution in [0, 0.1) is 6.92 Å². The molecular weight excluding hydrogens is 439 g/mol. The minimum Gasteiger partial charge on any atom is -0.495 e. The van der Waals surface area contributed by atoms with Crippen molar-refractivity contribution in [2.24, 2.45) is 0 Å². The number of carbonyl (C=O) groups is 2. The number of ether oxygens (including phenoxy) is 2. The molecule has 0 aliphatic carbocycles. The number of hydrogen-bond acceptors (Lipinski definition) is 4. The minimum absolute atomic E-state index is 0.227. The Hall–Kier alpha value is -3.22. The highest BCUT2D eigenvalue weighted by Crippen LogP contribution is 2.29. The summed E-state index contributed by atoms with van der Waals surface area (Å²) in [6.07, 6.45) is 0. The zero-order chi connectivity index (χ0) is 22.4. The van der Waals surface area contributed by atoms with Crippen LogP contribution in [0.5, 0.6) is 11.5 Å². The molecule has 2 N–H and O–H groups in total. The van der Waals surface area contributed by atoms with Crippen LogP contribution < -0.4 is 20.1 Å². The van der Waals surface area contributed by atoms with E-state index < -0.39 is 5.91 Å². The fourth-order valence-electron chi connectivity index (χ4n) is 2.75. The molecule has 3 aromatic carbocycles. The largest absolute Gasteiger partial charge is 0.495 e. The molecule has 0 fully saturated rings. The van der Waals surface area contributed by atoms with E-state index in [0.717, 1.165) is 5.56 Å². The van der Waals surface area contributed by atoms with Gasteiger partial charge >= 0.3 is 0 Å². The summed E-state index contributed by atoms with van der Waals surface area (Å²) in [6, 6.07) is 16.9. The highest BCUT2D eigenvalue weighted by Gasteiger charge is 2.12. The summed E-state index contributed by atoms with van der Waals surface area (Å²) in [4.78, 5) is 24.6. The summed E-state index contributed by atoms with van der Waals surface area (Å²) in [5.41, 5.74) is 2.42. The van der Waals surface area contributed by atoms with Gasteiger partial charge in [0.15, 0.2) is 6.61 Å². The average Bonchev–Trinajstić information content (AvgIpc) is 2.76. The molecule has 31 heavy (non-hydrogen) atoms. The maximum atomic E-state index is 12.5. The number of amides is 2. The van der Waals surface area contributed by atoms with Gasteiger partial charge in [-0.1, -0.05) is 35.3 Å². The Balaban J connectivity index is 1.57. The smallest absolute Gasteiger partial charge is 0.262 e. The molecule has 3 aromatic rings. The summed E-state index contributed by atoms with van der Waals surface area (Å²) in [6.45, 7) is 1.70. The summed E-state index contributed by atoms with van der Waals surface area (Å²) >= 11 is 12.0. The molecule has 3 rings (SSSR count). The van der Waals surface area contributed by atoms with Crippen LogP contribution in [0.4, 0.5) is 11.4 Å². The Morgan fingerprint density at radius 2 is 1.68 bits per heavy atom. The van der Waals surface area contributed by atoms with Crippen molar-refractivity contribution in [3.05, 3.63) is 81.8 Å². The third kappa shape index (κ3) is 5.90. The Morgan fingerprint density at radius 1 is 0.935 bits per heavy atom. The quantitative estimate of drug-likeness (QED) is 0.484. The number of halogens is 2. The van der Waals surface area contributed by atoms with Gasteiger partial charge in [0.25, 0.3) is 11.8 Å². The molecule has 2 amide bonds. The van der Waals surface area contributed by atoms with Crippen LogP contribution in [0.1, 0.15) is 15.9 Å². The molecular formula is C23H20Cl2N2O4. The number of aryl methyl sites for hydroxylation is 1. The van der Waals surface area contributed by atoms with Gasteiger partial charge in [-0.05, 0) is 61.0 Å². The van der Waals surface area contributed by atoms with Crippen LogP contribution in [0.25, 0.3) is 0 Å². The topological polar surface area (TPSA) is 76.7 Å². The van der Waals surface area contributed by atoms with Crippen molar-refractivity contribution >= 4 is 46.4 Å². The molecule has 0 aromatic heterocycles. The average molecular weight is 459 g/mol. The highest BCUT2D eigenvalue weighted by molar-refractivity contribution is 6.44. The second kappa shape index (κ2) is 10.2. The lowest BCUT2D eigenvalue weighted by Crippen LogP contribution is -2.20. The highest BCUT2D eigenvalue weighted by atomic mass is 35.5. The van der Waals surface area contributed by atoms with E-state index >= 15 is 0 Å². The van der Waals surface area contributed by atoms with Crippen LogP contribution in [-0.4, -0.2) is 25.5 Å². The molecule has 0 aliphatic heterocycles. The number of hydrogen-bond donors (Lipinski definition) is 2. The van der Waals surface area contributed by atoms with Crippen molar-refractivity contribution in [1.29, 1.82) is 0 Å². The third-order valence-corrected chi connectivity index (χ3v) is 5.13. The molecule has 0 heterocycles. The van der Waals surface area contributed by atoms with E-state index in [1.807, 2.05) is 19.1 Å². The predicted molar refractivity (Wildman–Crippen MR) is 123 cm³/mol. The molecule has 0 radical (unpaired) electrons.